The highest BCUT2D eigenvalue weighted by Crippen LogP contribution is 2.02. The summed E-state index contributed by atoms with van der Waals surface area (Å²) in [5, 5.41) is 2.92. The molecule has 0 rings (SSSR count). The molecule has 0 aromatic heterocycles. The topological polar surface area (TPSA) is 81.7 Å². The minimum atomic E-state index is 0.0417. The van der Waals surface area contributed by atoms with E-state index in [1.165, 1.54) is 0 Å². The van der Waals surface area contributed by atoms with Crippen molar-refractivity contribution in [2.45, 2.75) is 71.4 Å². The van der Waals surface area contributed by atoms with Crippen molar-refractivity contribution in [1.82, 2.24) is 5.32 Å². The summed E-state index contributed by atoms with van der Waals surface area (Å²) in [5.74, 6) is 0. The third-order valence-electron chi connectivity index (χ3n) is 2.42. The zero-order valence-electron chi connectivity index (χ0n) is 16.9. The maximum atomic E-state index is 10.2. The van der Waals surface area contributed by atoms with Gasteiger partial charge < -0.3 is 29.2 Å². The summed E-state index contributed by atoms with van der Waals surface area (Å²) in [6.07, 6.45) is 6.41. The molecule has 0 aromatic rings. The molecule has 0 bridgehead atoms. The molecule has 1 N–H and O–H groups in total. The Kier molecular flexibility index (Phi) is 34.3. The highest BCUT2D eigenvalue weighted by Gasteiger charge is 2.04. The van der Waals surface area contributed by atoms with E-state index in [2.05, 4.69) is 17.0 Å². The van der Waals surface area contributed by atoms with E-state index in [1.54, 1.807) is 21.3 Å². The lowest BCUT2D eigenvalue weighted by atomic mass is 10.1. The van der Waals surface area contributed by atoms with Crippen LogP contribution in [0.15, 0.2) is 0 Å². The molecule has 0 saturated heterocycles. The monoisotopic (exact) mass is 349 g/mol. The Balaban J connectivity index is -0.000000118. The summed E-state index contributed by atoms with van der Waals surface area (Å²) >= 11 is 0. The van der Waals surface area contributed by atoms with Gasteiger partial charge in [-0.05, 0) is 34.2 Å². The lowest BCUT2D eigenvalue weighted by molar-refractivity contribution is -0.112. The van der Waals surface area contributed by atoms with Gasteiger partial charge in [-0.3, -0.25) is 0 Å². The highest BCUT2D eigenvalue weighted by atomic mass is 16.5. The number of likely N-dealkylation sites (N-methyl/N-ethyl adjacent to an activating group) is 1. The molecule has 1 unspecified atom stereocenters. The van der Waals surface area contributed by atoms with Crippen molar-refractivity contribution < 1.29 is 23.9 Å². The Bertz CT molecular complexity index is 244. The van der Waals surface area contributed by atoms with Crippen LogP contribution in [-0.4, -0.2) is 58.9 Å². The fourth-order valence-corrected chi connectivity index (χ4v) is 0.841. The normalized spacial score (nSPS) is 10.5. The zero-order valence-corrected chi connectivity index (χ0v) is 16.9. The van der Waals surface area contributed by atoms with E-state index in [4.69, 9.17) is 4.74 Å². The van der Waals surface area contributed by atoms with Gasteiger partial charge in [0, 0.05) is 34.2 Å². The molecule has 6 heteroatoms. The molecule has 6 nitrogen and oxygen atoms in total. The number of hydrogen-bond donors (Lipinski definition) is 1. The molecule has 0 aliphatic carbocycles. The van der Waals surface area contributed by atoms with E-state index in [0.717, 1.165) is 38.1 Å². The SMILES string of the molecule is CCCCC(C=O)NC.COC.COC(C)(C)C.O=CCCC=O. The number of nitrogens with one attached hydrogen (secondary N) is 1. The van der Waals surface area contributed by atoms with Gasteiger partial charge in [-0.25, -0.2) is 0 Å². The van der Waals surface area contributed by atoms with Crippen molar-refractivity contribution in [2.75, 3.05) is 28.4 Å². The summed E-state index contributed by atoms with van der Waals surface area (Å²) in [4.78, 5) is 29.0. The molecule has 0 heterocycles. The Morgan fingerprint density at radius 3 is 1.54 bits per heavy atom. The first kappa shape index (κ1) is 30.7. The number of aldehydes is 3. The molecule has 146 valence electrons. The van der Waals surface area contributed by atoms with Crippen LogP contribution in [0.1, 0.15) is 59.8 Å². The molecule has 0 amide bonds. The molecule has 24 heavy (non-hydrogen) atoms. The lowest BCUT2D eigenvalue weighted by Crippen LogP contribution is -2.26. The second-order valence-electron chi connectivity index (χ2n) is 5.81. The lowest BCUT2D eigenvalue weighted by Gasteiger charge is -2.14. The first-order valence-electron chi connectivity index (χ1n) is 8.19. The van der Waals surface area contributed by atoms with Crippen molar-refractivity contribution in [2.24, 2.45) is 0 Å². The van der Waals surface area contributed by atoms with Gasteiger partial charge in [0.25, 0.3) is 0 Å². The number of unbranched alkanes of at least 4 members (excludes halogenated alkanes) is 2. The van der Waals surface area contributed by atoms with Crippen LogP contribution in [0, 0.1) is 0 Å². The second kappa shape index (κ2) is 26.8. The number of methoxy groups -OCH3 is 2. The van der Waals surface area contributed by atoms with E-state index in [-0.39, 0.29) is 11.6 Å². The van der Waals surface area contributed by atoms with Gasteiger partial charge in [0.05, 0.1) is 11.6 Å². The van der Waals surface area contributed by atoms with Gasteiger partial charge >= 0.3 is 0 Å². The Hall–Kier alpha value is -1.11. The predicted octanol–water partition coefficient (Wildman–Crippen LogP) is 2.82. The Morgan fingerprint density at radius 2 is 1.38 bits per heavy atom. The number of carbonyl (C=O) groups is 3. The minimum Gasteiger partial charge on any atom is -0.388 e. The fraction of sp³-hybridized carbons (Fsp3) is 0.833. The van der Waals surface area contributed by atoms with E-state index >= 15 is 0 Å². The predicted molar refractivity (Wildman–Crippen MR) is 99.5 cm³/mol. The van der Waals surface area contributed by atoms with Gasteiger partial charge in [0.2, 0.25) is 0 Å². The van der Waals surface area contributed by atoms with Gasteiger partial charge in [-0.2, -0.15) is 0 Å². The van der Waals surface area contributed by atoms with E-state index in [1.807, 2.05) is 27.8 Å². The third kappa shape index (κ3) is 49.7. The van der Waals surface area contributed by atoms with Crippen LogP contribution >= 0.6 is 0 Å². The Morgan fingerprint density at radius 1 is 1.00 bits per heavy atom. The molecule has 0 aliphatic heterocycles. The second-order valence-corrected chi connectivity index (χ2v) is 5.81. The van der Waals surface area contributed by atoms with Crippen molar-refractivity contribution in [3.05, 3.63) is 0 Å². The van der Waals surface area contributed by atoms with Crippen molar-refractivity contribution in [3.8, 4) is 0 Å². The molecule has 1 atom stereocenters. The minimum absolute atomic E-state index is 0.0417. The van der Waals surface area contributed by atoms with Gasteiger partial charge in [-0.15, -0.1) is 0 Å². The third-order valence-corrected chi connectivity index (χ3v) is 2.42. The molecule has 0 spiro atoms. The standard InChI is InChI=1S/C7H15NO.C5H12O.C4H6O2.C2H6O/c1-3-4-5-7(6-9)8-2;1-5(2,3)6-4;5-3-1-2-4-6;1-3-2/h6-8H,3-5H2,1-2H3;1-4H3;3-4H,1-2H2;1-2H3. The average Bonchev–Trinajstić information content (AvgIpc) is 2.55. The number of carbonyl (C=O) groups excluding carboxylic acids is 3. The van der Waals surface area contributed by atoms with Crippen LogP contribution in [0.2, 0.25) is 0 Å². The van der Waals surface area contributed by atoms with E-state index < -0.39 is 0 Å². The van der Waals surface area contributed by atoms with Crippen LogP contribution in [0.3, 0.4) is 0 Å². The van der Waals surface area contributed by atoms with E-state index in [9.17, 15) is 14.4 Å². The van der Waals surface area contributed by atoms with Crippen LogP contribution < -0.4 is 5.32 Å². The van der Waals surface area contributed by atoms with Crippen LogP contribution in [0.25, 0.3) is 0 Å². The summed E-state index contributed by atoms with van der Waals surface area (Å²) in [7, 11) is 6.77. The van der Waals surface area contributed by atoms with Crippen LogP contribution in [0.4, 0.5) is 0 Å². The molecule has 0 radical (unpaired) electrons. The Labute approximate surface area is 148 Å². The first-order chi connectivity index (χ1) is 11.2. The zero-order chi connectivity index (χ0) is 19.9. The smallest absolute Gasteiger partial charge is 0.136 e. The van der Waals surface area contributed by atoms with Crippen molar-refractivity contribution in [3.63, 3.8) is 0 Å². The first-order valence-corrected chi connectivity index (χ1v) is 8.19. The summed E-state index contributed by atoms with van der Waals surface area (Å²) in [6.45, 7) is 8.19. The van der Waals surface area contributed by atoms with Crippen LogP contribution in [0.5, 0.6) is 0 Å². The van der Waals surface area contributed by atoms with Gasteiger partial charge in [0.15, 0.2) is 0 Å². The molecule has 0 aliphatic rings. The van der Waals surface area contributed by atoms with Gasteiger partial charge in [-0.1, -0.05) is 19.8 Å². The number of hydrogen-bond acceptors (Lipinski definition) is 6. The molecule has 0 saturated carbocycles. The van der Waals surface area contributed by atoms with Crippen LogP contribution in [-0.2, 0) is 23.9 Å². The number of ether oxygens (including phenoxy) is 2. The van der Waals surface area contributed by atoms with Crippen molar-refractivity contribution in [1.29, 1.82) is 0 Å². The highest BCUT2D eigenvalue weighted by molar-refractivity contribution is 5.58. The summed E-state index contributed by atoms with van der Waals surface area (Å²) in [6, 6.07) is 0.0740. The van der Waals surface area contributed by atoms with Crippen molar-refractivity contribution >= 4 is 18.9 Å². The molecular formula is C18H39NO5. The van der Waals surface area contributed by atoms with E-state index in [0.29, 0.717) is 12.8 Å². The quantitative estimate of drug-likeness (QED) is 0.536. The molecule has 0 aromatic carbocycles. The average molecular weight is 350 g/mol. The maximum absolute atomic E-state index is 10.2. The number of rotatable bonds is 8. The largest absolute Gasteiger partial charge is 0.388 e. The molecule has 0 fully saturated rings. The molecular weight excluding hydrogens is 310 g/mol. The summed E-state index contributed by atoms with van der Waals surface area (Å²) < 4.78 is 9.19. The maximum Gasteiger partial charge on any atom is 0.136 e. The van der Waals surface area contributed by atoms with Gasteiger partial charge in [0.1, 0.15) is 18.9 Å². The fourth-order valence-electron chi connectivity index (χ4n) is 0.841. The summed E-state index contributed by atoms with van der Waals surface area (Å²) in [5.41, 5.74) is 0.0417.